The number of amides is 3. The smallest absolute Gasteiger partial charge is 0.305 e. The number of carboxylic acids is 1. The van der Waals surface area contributed by atoms with E-state index in [1.165, 1.54) is 30.5 Å². The Morgan fingerprint density at radius 2 is 1.74 bits per heavy atom. The quantitative estimate of drug-likeness (QED) is 0.354. The third-order valence-corrected chi connectivity index (χ3v) is 7.46. The zero-order chi connectivity index (χ0) is 29.6. The third kappa shape index (κ3) is 7.09. The van der Waals surface area contributed by atoms with Crippen LogP contribution < -0.4 is 15.5 Å². The van der Waals surface area contributed by atoms with Crippen molar-refractivity contribution in [1.82, 2.24) is 15.2 Å². The van der Waals surface area contributed by atoms with Crippen LogP contribution in [0, 0.1) is 11.7 Å². The Hall–Kier alpha value is -4.80. The molecule has 1 aliphatic carbocycles. The standard InChI is InChI=1S/C31H32FN5O5/c32-24-9-6-20(7-10-24)25(18-28(38)39)34-29(40)22-8-11-27(26(17-22)35-30(41)23-3-1-12-33-19-23)36-13-2-14-37(16-15-36)31(42)21-4-5-21/h1,3,6-12,17,19,21,25H,2,4-5,13-16,18H2,(H,34,40)(H,35,41)(H,38,39). The van der Waals surface area contributed by atoms with E-state index < -0.39 is 36.1 Å². The molecular formula is C31H32FN5O5. The first kappa shape index (κ1) is 28.7. The molecule has 1 unspecified atom stereocenters. The fourth-order valence-electron chi connectivity index (χ4n) is 5.08. The summed E-state index contributed by atoms with van der Waals surface area (Å²) in [6.07, 6.45) is 5.25. The van der Waals surface area contributed by atoms with Gasteiger partial charge in [-0.1, -0.05) is 12.1 Å². The van der Waals surface area contributed by atoms with Crippen LogP contribution in [-0.4, -0.2) is 64.9 Å². The summed E-state index contributed by atoms with van der Waals surface area (Å²) in [7, 11) is 0. The average Bonchev–Trinajstić information content (AvgIpc) is 3.85. The minimum Gasteiger partial charge on any atom is -0.481 e. The number of aliphatic carboxylic acids is 1. The molecule has 0 spiro atoms. The van der Waals surface area contributed by atoms with Crippen LogP contribution in [0.1, 0.15) is 58.0 Å². The number of carbonyl (C=O) groups is 4. The second kappa shape index (κ2) is 12.8. The molecule has 0 radical (unpaired) electrons. The Labute approximate surface area is 242 Å². The number of pyridine rings is 1. The van der Waals surface area contributed by atoms with E-state index in [1.807, 2.05) is 4.90 Å². The molecule has 3 aromatic rings. The maximum Gasteiger partial charge on any atom is 0.305 e. The molecule has 3 N–H and O–H groups in total. The highest BCUT2D eigenvalue weighted by Gasteiger charge is 2.34. The SMILES string of the molecule is O=C(O)CC(NC(=O)c1ccc(N2CCCN(C(=O)C3CC3)CC2)c(NC(=O)c2cccnc2)c1)c1ccc(F)cc1. The second-order valence-electron chi connectivity index (χ2n) is 10.5. The molecule has 2 aliphatic rings. The predicted molar refractivity (Wildman–Crippen MR) is 154 cm³/mol. The van der Waals surface area contributed by atoms with Crippen LogP contribution >= 0.6 is 0 Å². The first-order chi connectivity index (χ1) is 20.3. The molecule has 1 atom stereocenters. The first-order valence-corrected chi connectivity index (χ1v) is 14.0. The highest BCUT2D eigenvalue weighted by atomic mass is 19.1. The van der Waals surface area contributed by atoms with Gasteiger partial charge in [0.1, 0.15) is 5.82 Å². The third-order valence-electron chi connectivity index (χ3n) is 7.46. The van der Waals surface area contributed by atoms with Crippen molar-refractivity contribution >= 4 is 35.1 Å². The molecule has 11 heteroatoms. The van der Waals surface area contributed by atoms with Crippen LogP contribution in [0.3, 0.4) is 0 Å². The number of hydrogen-bond donors (Lipinski definition) is 3. The van der Waals surface area contributed by atoms with Crippen LogP contribution in [0.25, 0.3) is 0 Å². The van der Waals surface area contributed by atoms with Crippen molar-refractivity contribution in [2.24, 2.45) is 5.92 Å². The molecule has 3 amide bonds. The fraction of sp³-hybridized carbons (Fsp3) is 0.323. The van der Waals surface area contributed by atoms with E-state index in [2.05, 4.69) is 20.5 Å². The van der Waals surface area contributed by atoms with Gasteiger partial charge in [0, 0.05) is 50.1 Å². The molecule has 218 valence electrons. The first-order valence-electron chi connectivity index (χ1n) is 14.0. The number of halogens is 1. The summed E-state index contributed by atoms with van der Waals surface area (Å²) in [5.41, 5.74) is 2.09. The van der Waals surface area contributed by atoms with E-state index in [-0.39, 0.29) is 17.4 Å². The molecule has 10 nitrogen and oxygen atoms in total. The van der Waals surface area contributed by atoms with Crippen molar-refractivity contribution in [2.75, 3.05) is 36.4 Å². The second-order valence-corrected chi connectivity index (χ2v) is 10.5. The minimum absolute atomic E-state index is 0.142. The largest absolute Gasteiger partial charge is 0.481 e. The predicted octanol–water partition coefficient (Wildman–Crippen LogP) is 3.87. The van der Waals surface area contributed by atoms with Gasteiger partial charge < -0.3 is 25.5 Å². The number of carbonyl (C=O) groups excluding carboxylic acids is 3. The van der Waals surface area contributed by atoms with Crippen molar-refractivity contribution in [1.29, 1.82) is 0 Å². The fourth-order valence-corrected chi connectivity index (χ4v) is 5.08. The maximum atomic E-state index is 13.5. The van der Waals surface area contributed by atoms with E-state index in [0.29, 0.717) is 48.7 Å². The van der Waals surface area contributed by atoms with E-state index in [9.17, 15) is 28.7 Å². The lowest BCUT2D eigenvalue weighted by molar-refractivity contribution is -0.137. The number of anilines is 2. The Morgan fingerprint density at radius 1 is 0.952 bits per heavy atom. The highest BCUT2D eigenvalue weighted by molar-refractivity contribution is 6.07. The van der Waals surface area contributed by atoms with Gasteiger partial charge in [0.25, 0.3) is 11.8 Å². The molecule has 1 saturated carbocycles. The summed E-state index contributed by atoms with van der Waals surface area (Å²) in [5.74, 6) is -2.21. The highest BCUT2D eigenvalue weighted by Crippen LogP contribution is 2.33. The Bertz CT molecular complexity index is 1460. The summed E-state index contributed by atoms with van der Waals surface area (Å²) < 4.78 is 13.5. The average molecular weight is 574 g/mol. The van der Waals surface area contributed by atoms with Gasteiger partial charge in [0.15, 0.2) is 0 Å². The van der Waals surface area contributed by atoms with E-state index in [1.54, 1.807) is 36.5 Å². The molecule has 2 heterocycles. The van der Waals surface area contributed by atoms with Gasteiger partial charge >= 0.3 is 5.97 Å². The van der Waals surface area contributed by atoms with Gasteiger partial charge in [-0.3, -0.25) is 24.2 Å². The van der Waals surface area contributed by atoms with E-state index >= 15 is 0 Å². The van der Waals surface area contributed by atoms with Crippen LogP contribution in [0.5, 0.6) is 0 Å². The number of rotatable bonds is 9. The van der Waals surface area contributed by atoms with Gasteiger partial charge in [0.2, 0.25) is 5.91 Å². The summed E-state index contributed by atoms with van der Waals surface area (Å²) in [4.78, 5) is 58.7. The monoisotopic (exact) mass is 573 g/mol. The zero-order valence-electron chi connectivity index (χ0n) is 23.0. The van der Waals surface area contributed by atoms with Crippen LogP contribution in [0.15, 0.2) is 67.0 Å². The van der Waals surface area contributed by atoms with Crippen LogP contribution in [0.4, 0.5) is 15.8 Å². The number of carboxylic acid groups (broad SMARTS) is 1. The number of nitrogens with zero attached hydrogens (tertiary/aromatic N) is 3. The summed E-state index contributed by atoms with van der Waals surface area (Å²) in [6, 6.07) is 12.6. The van der Waals surface area contributed by atoms with Gasteiger partial charge in [0.05, 0.1) is 29.4 Å². The van der Waals surface area contributed by atoms with Crippen LogP contribution in [0.2, 0.25) is 0 Å². The molecule has 1 aliphatic heterocycles. The molecule has 1 aromatic heterocycles. The number of benzene rings is 2. The van der Waals surface area contributed by atoms with Gasteiger partial charge in [-0.05, 0) is 67.3 Å². The van der Waals surface area contributed by atoms with Gasteiger partial charge in [-0.25, -0.2) is 4.39 Å². The van der Waals surface area contributed by atoms with Crippen molar-refractivity contribution in [2.45, 2.75) is 31.7 Å². The lowest BCUT2D eigenvalue weighted by Crippen LogP contribution is -2.36. The number of hydrogen-bond acceptors (Lipinski definition) is 6. The zero-order valence-corrected chi connectivity index (χ0v) is 23.0. The van der Waals surface area contributed by atoms with Crippen molar-refractivity contribution < 1.29 is 28.7 Å². The van der Waals surface area contributed by atoms with E-state index in [0.717, 1.165) is 19.3 Å². The number of aromatic nitrogens is 1. The van der Waals surface area contributed by atoms with Crippen molar-refractivity contribution in [3.05, 3.63) is 89.5 Å². The Balaban J connectivity index is 1.40. The van der Waals surface area contributed by atoms with Gasteiger partial charge in [-0.15, -0.1) is 0 Å². The maximum absolute atomic E-state index is 13.5. The van der Waals surface area contributed by atoms with E-state index in [4.69, 9.17) is 0 Å². The molecule has 42 heavy (non-hydrogen) atoms. The minimum atomic E-state index is -1.13. The summed E-state index contributed by atoms with van der Waals surface area (Å²) >= 11 is 0. The van der Waals surface area contributed by atoms with Crippen LogP contribution in [-0.2, 0) is 9.59 Å². The van der Waals surface area contributed by atoms with Crippen molar-refractivity contribution in [3.8, 4) is 0 Å². The molecule has 0 bridgehead atoms. The summed E-state index contributed by atoms with van der Waals surface area (Å²) in [6.45, 7) is 2.44. The lowest BCUT2D eigenvalue weighted by Gasteiger charge is -2.27. The molecule has 2 fully saturated rings. The number of nitrogens with one attached hydrogen (secondary N) is 2. The molecule has 5 rings (SSSR count). The topological polar surface area (TPSA) is 132 Å². The molecule has 2 aromatic carbocycles. The Kier molecular flexibility index (Phi) is 8.75. The lowest BCUT2D eigenvalue weighted by atomic mass is 10.0. The molecule has 1 saturated heterocycles. The van der Waals surface area contributed by atoms with Crippen molar-refractivity contribution in [3.63, 3.8) is 0 Å². The normalized spacial score (nSPS) is 15.8. The molecular weight excluding hydrogens is 541 g/mol. The summed E-state index contributed by atoms with van der Waals surface area (Å²) in [5, 5.41) is 15.1. The Morgan fingerprint density at radius 3 is 2.43 bits per heavy atom. The van der Waals surface area contributed by atoms with Gasteiger partial charge in [-0.2, -0.15) is 0 Å².